The van der Waals surface area contributed by atoms with Crippen molar-refractivity contribution in [1.82, 2.24) is 4.98 Å². The van der Waals surface area contributed by atoms with E-state index in [0.29, 0.717) is 3.70 Å². The molecular weight excluding hydrogens is 303 g/mol. The number of hydrogen-bond donors (Lipinski definition) is 1. The van der Waals surface area contributed by atoms with Gasteiger partial charge in [0.1, 0.15) is 9.77 Å². The van der Waals surface area contributed by atoms with E-state index in [-0.39, 0.29) is 23.4 Å². The summed E-state index contributed by atoms with van der Waals surface area (Å²) in [6.07, 6.45) is -2.65. The lowest BCUT2D eigenvalue weighted by molar-refractivity contribution is 0.149. The van der Waals surface area contributed by atoms with Crippen LogP contribution in [0.1, 0.15) is 23.2 Å². The molecule has 2 N–H and O–H groups in total. The van der Waals surface area contributed by atoms with Crippen molar-refractivity contribution < 1.29 is 8.78 Å². The Bertz CT molecular complexity index is 387. The summed E-state index contributed by atoms with van der Waals surface area (Å²) >= 11 is 1.82. The highest BCUT2D eigenvalue weighted by atomic mass is 127. The maximum atomic E-state index is 12.5. The third-order valence-electron chi connectivity index (χ3n) is 1.64. The lowest BCUT2D eigenvalue weighted by Gasteiger charge is -2.07. The summed E-state index contributed by atoms with van der Waals surface area (Å²) in [6, 6.07) is 2.94. The van der Waals surface area contributed by atoms with Gasteiger partial charge in [-0.25, -0.2) is 13.8 Å². The van der Waals surface area contributed by atoms with Crippen molar-refractivity contribution in [3.8, 4) is 6.07 Å². The summed E-state index contributed by atoms with van der Waals surface area (Å²) in [4.78, 5) is 3.84. The SMILES string of the molecule is N#Cc1cc(C(F)F)c(CN)nc1I. The molecule has 0 aromatic carbocycles. The maximum Gasteiger partial charge on any atom is 0.265 e. The van der Waals surface area contributed by atoms with Crippen molar-refractivity contribution in [3.05, 3.63) is 26.6 Å². The molecule has 1 aromatic rings. The number of aromatic nitrogens is 1. The number of alkyl halides is 2. The summed E-state index contributed by atoms with van der Waals surface area (Å²) in [5, 5.41) is 8.62. The molecule has 0 fully saturated rings. The average Bonchev–Trinajstić information content (AvgIpc) is 2.16. The fourth-order valence-electron chi connectivity index (χ4n) is 0.972. The van der Waals surface area contributed by atoms with Gasteiger partial charge in [-0.2, -0.15) is 5.26 Å². The second-order valence-electron chi connectivity index (χ2n) is 2.48. The molecule has 0 saturated heterocycles. The Hall–Kier alpha value is -0.810. The summed E-state index contributed by atoms with van der Waals surface area (Å²) in [7, 11) is 0. The van der Waals surface area contributed by atoms with Gasteiger partial charge in [0.15, 0.2) is 0 Å². The fraction of sp³-hybridized carbons (Fsp3) is 0.250. The van der Waals surface area contributed by atoms with E-state index in [1.807, 2.05) is 22.6 Å². The van der Waals surface area contributed by atoms with Gasteiger partial charge in [-0.15, -0.1) is 0 Å². The number of nitrogens with two attached hydrogens (primary N) is 1. The summed E-state index contributed by atoms with van der Waals surface area (Å²) in [6.45, 7) is -0.0542. The lowest BCUT2D eigenvalue weighted by atomic mass is 10.1. The monoisotopic (exact) mass is 309 g/mol. The van der Waals surface area contributed by atoms with Crippen molar-refractivity contribution >= 4 is 22.6 Å². The van der Waals surface area contributed by atoms with Gasteiger partial charge in [-0.3, -0.25) is 0 Å². The molecule has 0 amide bonds. The minimum atomic E-state index is -2.65. The van der Waals surface area contributed by atoms with E-state index >= 15 is 0 Å². The molecule has 0 saturated carbocycles. The molecule has 74 valence electrons. The molecule has 0 bridgehead atoms. The van der Waals surface area contributed by atoms with Gasteiger partial charge in [0, 0.05) is 12.1 Å². The van der Waals surface area contributed by atoms with Crippen molar-refractivity contribution in [2.75, 3.05) is 0 Å². The molecule has 1 rings (SSSR count). The van der Waals surface area contributed by atoms with Gasteiger partial charge >= 0.3 is 0 Å². The first-order valence-electron chi connectivity index (χ1n) is 3.67. The van der Waals surface area contributed by atoms with Gasteiger partial charge < -0.3 is 5.73 Å². The van der Waals surface area contributed by atoms with Crippen LogP contribution in [0.15, 0.2) is 6.07 Å². The van der Waals surface area contributed by atoms with Crippen LogP contribution in [0, 0.1) is 15.0 Å². The number of nitriles is 1. The number of hydrogen-bond acceptors (Lipinski definition) is 3. The first kappa shape index (κ1) is 11.3. The zero-order valence-electron chi connectivity index (χ0n) is 6.97. The highest BCUT2D eigenvalue weighted by molar-refractivity contribution is 14.1. The molecule has 1 aromatic heterocycles. The molecule has 0 aliphatic rings. The first-order chi connectivity index (χ1) is 6.60. The lowest BCUT2D eigenvalue weighted by Crippen LogP contribution is -2.07. The van der Waals surface area contributed by atoms with Crippen LogP contribution in [-0.2, 0) is 6.54 Å². The van der Waals surface area contributed by atoms with Crippen LogP contribution in [0.4, 0.5) is 8.78 Å². The minimum absolute atomic E-state index is 0.0542. The van der Waals surface area contributed by atoms with Crippen molar-refractivity contribution in [3.63, 3.8) is 0 Å². The first-order valence-corrected chi connectivity index (χ1v) is 4.75. The zero-order chi connectivity index (χ0) is 10.7. The molecule has 0 aliphatic carbocycles. The standard InChI is InChI=1S/C8H6F2IN3/c9-7(10)5-1-4(2-12)8(11)14-6(5)3-13/h1,7H,3,13H2. The second-order valence-corrected chi connectivity index (χ2v) is 3.50. The van der Waals surface area contributed by atoms with Gasteiger partial charge in [0.05, 0.1) is 11.3 Å². The Balaban J connectivity index is 3.34. The molecule has 1 heterocycles. The Morgan fingerprint density at radius 2 is 2.29 bits per heavy atom. The van der Waals surface area contributed by atoms with Crippen LogP contribution in [-0.4, -0.2) is 4.98 Å². The van der Waals surface area contributed by atoms with Crippen LogP contribution in [0.25, 0.3) is 0 Å². The highest BCUT2D eigenvalue weighted by Gasteiger charge is 2.16. The smallest absolute Gasteiger partial charge is 0.265 e. The number of nitrogens with zero attached hydrogens (tertiary/aromatic N) is 2. The second kappa shape index (κ2) is 4.61. The molecule has 0 spiro atoms. The van der Waals surface area contributed by atoms with E-state index in [1.54, 1.807) is 6.07 Å². The Labute approximate surface area is 93.1 Å². The van der Waals surface area contributed by atoms with Crippen LogP contribution in [0.2, 0.25) is 0 Å². The van der Waals surface area contributed by atoms with E-state index in [2.05, 4.69) is 4.98 Å². The Morgan fingerprint density at radius 1 is 1.64 bits per heavy atom. The van der Waals surface area contributed by atoms with Gasteiger partial charge in [0.2, 0.25) is 0 Å². The number of halogens is 3. The van der Waals surface area contributed by atoms with Crippen molar-refractivity contribution in [2.24, 2.45) is 5.73 Å². The van der Waals surface area contributed by atoms with Crippen molar-refractivity contribution in [2.45, 2.75) is 13.0 Å². The zero-order valence-corrected chi connectivity index (χ0v) is 9.12. The predicted octanol–water partition coefficient (Wildman–Crippen LogP) is 1.95. The van der Waals surface area contributed by atoms with Gasteiger partial charge in [-0.05, 0) is 28.7 Å². The van der Waals surface area contributed by atoms with Crippen LogP contribution in [0.3, 0.4) is 0 Å². The van der Waals surface area contributed by atoms with Gasteiger partial charge in [-0.1, -0.05) is 0 Å². The summed E-state index contributed by atoms with van der Waals surface area (Å²) < 4.78 is 25.3. The van der Waals surface area contributed by atoms with Crippen LogP contribution < -0.4 is 5.73 Å². The molecule has 0 radical (unpaired) electrons. The Kier molecular flexibility index (Phi) is 3.71. The third kappa shape index (κ3) is 2.16. The number of pyridine rings is 1. The van der Waals surface area contributed by atoms with Gasteiger partial charge in [0.25, 0.3) is 6.43 Å². The third-order valence-corrected chi connectivity index (χ3v) is 2.46. The Morgan fingerprint density at radius 3 is 2.71 bits per heavy atom. The minimum Gasteiger partial charge on any atom is -0.325 e. The molecule has 0 atom stereocenters. The number of rotatable bonds is 2. The van der Waals surface area contributed by atoms with E-state index < -0.39 is 6.43 Å². The fourth-order valence-corrected chi connectivity index (χ4v) is 1.54. The summed E-state index contributed by atoms with van der Waals surface area (Å²) in [5.74, 6) is 0. The average molecular weight is 309 g/mol. The molecule has 0 unspecified atom stereocenters. The van der Waals surface area contributed by atoms with Crippen LogP contribution in [0.5, 0.6) is 0 Å². The molecule has 3 nitrogen and oxygen atoms in total. The topological polar surface area (TPSA) is 62.7 Å². The van der Waals surface area contributed by atoms with E-state index in [1.165, 1.54) is 0 Å². The highest BCUT2D eigenvalue weighted by Crippen LogP contribution is 2.24. The predicted molar refractivity (Wildman–Crippen MR) is 54.5 cm³/mol. The summed E-state index contributed by atoms with van der Waals surface area (Å²) in [5.41, 5.74) is 5.30. The van der Waals surface area contributed by atoms with E-state index in [4.69, 9.17) is 11.0 Å². The quantitative estimate of drug-likeness (QED) is 0.671. The maximum absolute atomic E-state index is 12.5. The van der Waals surface area contributed by atoms with Crippen LogP contribution >= 0.6 is 22.6 Å². The normalized spacial score (nSPS) is 10.3. The molecule has 0 aliphatic heterocycles. The molecule has 14 heavy (non-hydrogen) atoms. The molecular formula is C8H6F2IN3. The van der Waals surface area contributed by atoms with E-state index in [0.717, 1.165) is 6.07 Å². The largest absolute Gasteiger partial charge is 0.325 e. The van der Waals surface area contributed by atoms with Crippen molar-refractivity contribution in [1.29, 1.82) is 5.26 Å². The van der Waals surface area contributed by atoms with E-state index in [9.17, 15) is 8.78 Å². The molecule has 6 heteroatoms.